The van der Waals surface area contributed by atoms with Crippen molar-refractivity contribution in [3.63, 3.8) is 0 Å². The molecule has 0 bridgehead atoms. The molecule has 0 saturated carbocycles. The Balaban J connectivity index is 3.08. The summed E-state index contributed by atoms with van der Waals surface area (Å²) in [5.41, 5.74) is 7.13. The molecule has 4 heteroatoms. The van der Waals surface area contributed by atoms with Crippen LogP contribution in [0.4, 0.5) is 5.69 Å². The van der Waals surface area contributed by atoms with Crippen molar-refractivity contribution in [1.82, 2.24) is 0 Å². The molecule has 16 heavy (non-hydrogen) atoms. The summed E-state index contributed by atoms with van der Waals surface area (Å²) in [5.74, 6) is -0.659. The van der Waals surface area contributed by atoms with Gasteiger partial charge in [-0.1, -0.05) is 19.9 Å². The molecule has 0 radical (unpaired) electrons. The second-order valence-electron chi connectivity index (χ2n) is 3.50. The average Bonchev–Trinajstić information content (AvgIpc) is 2.29. The number of carbonyl (C=O) groups excluding carboxylic acids is 2. The number of rotatable bonds is 4. The molecule has 0 saturated heterocycles. The summed E-state index contributed by atoms with van der Waals surface area (Å²) in [6.45, 7) is 3.74. The fourth-order valence-corrected chi connectivity index (χ4v) is 1.36. The zero-order valence-corrected chi connectivity index (χ0v) is 9.54. The van der Waals surface area contributed by atoms with Gasteiger partial charge in [-0.15, -0.1) is 0 Å². The Morgan fingerprint density at radius 2 is 2.00 bits per heavy atom. The Kier molecular flexibility index (Phi) is 4.05. The molecule has 0 aromatic heterocycles. The molecule has 86 valence electrons. The van der Waals surface area contributed by atoms with Crippen molar-refractivity contribution in [2.45, 2.75) is 26.7 Å². The van der Waals surface area contributed by atoms with Crippen LogP contribution in [0.1, 0.15) is 36.2 Å². The van der Waals surface area contributed by atoms with Crippen LogP contribution in [0.2, 0.25) is 0 Å². The second kappa shape index (κ2) is 5.30. The van der Waals surface area contributed by atoms with Gasteiger partial charge in [0.2, 0.25) is 5.91 Å². The number of aryl methyl sites for hydroxylation is 1. The van der Waals surface area contributed by atoms with Crippen LogP contribution in [0.5, 0.6) is 0 Å². The van der Waals surface area contributed by atoms with Crippen LogP contribution in [0.25, 0.3) is 0 Å². The largest absolute Gasteiger partial charge is 0.366 e. The third-order valence-electron chi connectivity index (χ3n) is 2.35. The van der Waals surface area contributed by atoms with Gasteiger partial charge in [0, 0.05) is 6.42 Å². The van der Waals surface area contributed by atoms with Crippen molar-refractivity contribution >= 4 is 17.5 Å². The molecule has 1 aromatic carbocycles. The molecule has 4 nitrogen and oxygen atoms in total. The molecule has 0 spiro atoms. The van der Waals surface area contributed by atoms with Crippen LogP contribution < -0.4 is 11.1 Å². The normalized spacial score (nSPS) is 9.88. The number of nitrogens with one attached hydrogen (secondary N) is 1. The monoisotopic (exact) mass is 220 g/mol. The SMILES string of the molecule is CCC(=O)Nc1ccc(CC)cc1C(N)=O. The van der Waals surface area contributed by atoms with Crippen molar-refractivity contribution in [3.05, 3.63) is 29.3 Å². The highest BCUT2D eigenvalue weighted by Crippen LogP contribution is 2.17. The van der Waals surface area contributed by atoms with E-state index in [0.29, 0.717) is 17.7 Å². The number of carbonyl (C=O) groups is 2. The van der Waals surface area contributed by atoms with E-state index < -0.39 is 5.91 Å². The Bertz CT molecular complexity index is 413. The molecule has 1 aromatic rings. The summed E-state index contributed by atoms with van der Waals surface area (Å²) in [7, 11) is 0. The molecule has 0 unspecified atom stereocenters. The smallest absolute Gasteiger partial charge is 0.250 e. The lowest BCUT2D eigenvalue weighted by Crippen LogP contribution is -2.17. The molecule has 0 heterocycles. The van der Waals surface area contributed by atoms with Gasteiger partial charge in [0.05, 0.1) is 11.3 Å². The molecule has 0 aliphatic rings. The summed E-state index contributed by atoms with van der Waals surface area (Å²) >= 11 is 0. The lowest BCUT2D eigenvalue weighted by Gasteiger charge is -2.09. The first-order valence-electron chi connectivity index (χ1n) is 5.31. The first-order valence-corrected chi connectivity index (χ1v) is 5.31. The number of benzene rings is 1. The number of nitrogens with two attached hydrogens (primary N) is 1. The molecular formula is C12H16N2O2. The van der Waals surface area contributed by atoms with Crippen molar-refractivity contribution in [2.24, 2.45) is 5.73 Å². The fourth-order valence-electron chi connectivity index (χ4n) is 1.36. The third-order valence-corrected chi connectivity index (χ3v) is 2.35. The lowest BCUT2D eigenvalue weighted by molar-refractivity contribution is -0.115. The fraction of sp³-hybridized carbons (Fsp3) is 0.333. The molecular weight excluding hydrogens is 204 g/mol. The van der Waals surface area contributed by atoms with Gasteiger partial charge >= 0.3 is 0 Å². The zero-order chi connectivity index (χ0) is 12.1. The lowest BCUT2D eigenvalue weighted by atomic mass is 10.1. The Morgan fingerprint density at radius 1 is 1.31 bits per heavy atom. The summed E-state index contributed by atoms with van der Waals surface area (Å²) in [6.07, 6.45) is 1.19. The van der Waals surface area contributed by atoms with Crippen LogP contribution in [0.15, 0.2) is 18.2 Å². The van der Waals surface area contributed by atoms with Crippen LogP contribution in [-0.2, 0) is 11.2 Å². The van der Waals surface area contributed by atoms with E-state index >= 15 is 0 Å². The van der Waals surface area contributed by atoms with Crippen molar-refractivity contribution < 1.29 is 9.59 Å². The Labute approximate surface area is 94.8 Å². The number of primary amides is 1. The zero-order valence-electron chi connectivity index (χ0n) is 9.54. The van der Waals surface area contributed by atoms with E-state index in [1.165, 1.54) is 0 Å². The van der Waals surface area contributed by atoms with Crippen molar-refractivity contribution in [3.8, 4) is 0 Å². The van der Waals surface area contributed by atoms with Crippen LogP contribution in [0, 0.1) is 0 Å². The topological polar surface area (TPSA) is 72.2 Å². The predicted octanol–water partition coefficient (Wildman–Crippen LogP) is 1.70. The molecule has 0 fully saturated rings. The van der Waals surface area contributed by atoms with E-state index in [1.807, 2.05) is 13.0 Å². The van der Waals surface area contributed by atoms with Gasteiger partial charge in [-0.05, 0) is 24.1 Å². The Morgan fingerprint density at radius 3 is 2.50 bits per heavy atom. The maximum atomic E-state index is 11.2. The van der Waals surface area contributed by atoms with E-state index in [4.69, 9.17) is 5.73 Å². The van der Waals surface area contributed by atoms with Crippen LogP contribution >= 0.6 is 0 Å². The first-order chi connectivity index (χ1) is 7.58. The molecule has 0 aliphatic carbocycles. The highest BCUT2D eigenvalue weighted by atomic mass is 16.2. The van der Waals surface area contributed by atoms with E-state index in [-0.39, 0.29) is 5.91 Å². The second-order valence-corrected chi connectivity index (χ2v) is 3.50. The van der Waals surface area contributed by atoms with Gasteiger partial charge in [0.15, 0.2) is 0 Å². The van der Waals surface area contributed by atoms with Gasteiger partial charge in [-0.25, -0.2) is 0 Å². The average molecular weight is 220 g/mol. The number of amides is 2. The van der Waals surface area contributed by atoms with Crippen molar-refractivity contribution in [1.29, 1.82) is 0 Å². The molecule has 2 amide bonds. The van der Waals surface area contributed by atoms with E-state index in [0.717, 1.165) is 12.0 Å². The van der Waals surface area contributed by atoms with Crippen molar-refractivity contribution in [2.75, 3.05) is 5.32 Å². The van der Waals surface area contributed by atoms with E-state index in [2.05, 4.69) is 5.32 Å². The maximum absolute atomic E-state index is 11.2. The minimum absolute atomic E-state index is 0.133. The maximum Gasteiger partial charge on any atom is 0.250 e. The molecule has 0 aliphatic heterocycles. The minimum atomic E-state index is -0.526. The molecule has 3 N–H and O–H groups in total. The summed E-state index contributed by atoms with van der Waals surface area (Å²) < 4.78 is 0. The third kappa shape index (κ3) is 2.82. The predicted molar refractivity (Wildman–Crippen MR) is 63.3 cm³/mol. The molecule has 1 rings (SSSR count). The van der Waals surface area contributed by atoms with Gasteiger partial charge < -0.3 is 11.1 Å². The molecule has 0 atom stereocenters. The highest BCUT2D eigenvalue weighted by molar-refractivity contribution is 6.03. The van der Waals surface area contributed by atoms with Gasteiger partial charge in [-0.3, -0.25) is 9.59 Å². The number of hydrogen-bond acceptors (Lipinski definition) is 2. The van der Waals surface area contributed by atoms with E-state index in [9.17, 15) is 9.59 Å². The van der Waals surface area contributed by atoms with Crippen LogP contribution in [-0.4, -0.2) is 11.8 Å². The van der Waals surface area contributed by atoms with Gasteiger partial charge in [0.1, 0.15) is 0 Å². The van der Waals surface area contributed by atoms with E-state index in [1.54, 1.807) is 19.1 Å². The van der Waals surface area contributed by atoms with Gasteiger partial charge in [0.25, 0.3) is 5.91 Å². The summed E-state index contributed by atoms with van der Waals surface area (Å²) in [4.78, 5) is 22.5. The Hall–Kier alpha value is -1.84. The first kappa shape index (κ1) is 12.2. The number of hydrogen-bond donors (Lipinski definition) is 2. The standard InChI is InChI=1S/C12H16N2O2/c1-3-8-5-6-10(14-11(15)4-2)9(7-8)12(13)16/h5-7H,3-4H2,1-2H3,(H2,13,16)(H,14,15). The van der Waals surface area contributed by atoms with Crippen LogP contribution in [0.3, 0.4) is 0 Å². The number of anilines is 1. The minimum Gasteiger partial charge on any atom is -0.366 e. The highest BCUT2D eigenvalue weighted by Gasteiger charge is 2.10. The summed E-state index contributed by atoms with van der Waals surface area (Å²) in [6, 6.07) is 5.30. The van der Waals surface area contributed by atoms with Gasteiger partial charge in [-0.2, -0.15) is 0 Å². The summed E-state index contributed by atoms with van der Waals surface area (Å²) in [5, 5.41) is 2.65. The quantitative estimate of drug-likeness (QED) is 0.810.